The molecule has 2 rings (SSSR count). The normalized spacial score (nSPS) is 10.8. The summed E-state index contributed by atoms with van der Waals surface area (Å²) in [6.07, 6.45) is 0. The molecule has 0 aliphatic rings. The number of ether oxygens (including phenoxy) is 1. The number of nitrogens with one attached hydrogen (secondary N) is 1. The molecule has 0 bridgehead atoms. The summed E-state index contributed by atoms with van der Waals surface area (Å²) in [6, 6.07) is 10.8. The van der Waals surface area contributed by atoms with Crippen molar-refractivity contribution >= 4 is 11.3 Å². The fourth-order valence-corrected chi connectivity index (χ4v) is 2.61. The number of hydrogen-bond donors (Lipinski definition) is 1. The molecule has 4 heteroatoms. The summed E-state index contributed by atoms with van der Waals surface area (Å²) in [5, 5.41) is 3.11. The summed E-state index contributed by atoms with van der Waals surface area (Å²) in [5.74, 6) is -0.209. The van der Waals surface area contributed by atoms with Gasteiger partial charge >= 0.3 is 0 Å². The Balaban J connectivity index is 1.83. The Morgan fingerprint density at radius 3 is 2.67 bits per heavy atom. The Morgan fingerprint density at radius 2 is 1.89 bits per heavy atom. The van der Waals surface area contributed by atoms with Crippen molar-refractivity contribution in [1.82, 2.24) is 5.32 Å². The van der Waals surface area contributed by atoms with Gasteiger partial charge in [0.2, 0.25) is 0 Å². The topological polar surface area (TPSA) is 21.3 Å². The molecule has 0 radical (unpaired) electrons. The molecule has 0 saturated heterocycles. The fourth-order valence-electron chi connectivity index (χ4n) is 1.65. The number of thiophene rings is 1. The van der Waals surface area contributed by atoms with E-state index in [0.717, 1.165) is 11.4 Å². The van der Waals surface area contributed by atoms with Crippen LogP contribution in [0.3, 0.4) is 0 Å². The third kappa shape index (κ3) is 3.63. The molecule has 0 fully saturated rings. The molecular formula is C14H16FNOS. The van der Waals surface area contributed by atoms with Crippen LogP contribution < -0.4 is 5.32 Å². The Morgan fingerprint density at radius 1 is 1.11 bits per heavy atom. The van der Waals surface area contributed by atoms with Crippen molar-refractivity contribution in [2.75, 3.05) is 7.05 Å². The minimum absolute atomic E-state index is 0.209. The molecule has 1 N–H and O–H groups in total. The molecule has 2 aromatic rings. The first-order valence-corrected chi connectivity index (χ1v) is 6.64. The van der Waals surface area contributed by atoms with Gasteiger partial charge in [0.05, 0.1) is 13.2 Å². The van der Waals surface area contributed by atoms with Gasteiger partial charge in [-0.2, -0.15) is 0 Å². The largest absolute Gasteiger partial charge is 0.371 e. The van der Waals surface area contributed by atoms with Crippen molar-refractivity contribution in [1.29, 1.82) is 0 Å². The minimum Gasteiger partial charge on any atom is -0.371 e. The van der Waals surface area contributed by atoms with Gasteiger partial charge in [-0.05, 0) is 25.2 Å². The second-order valence-corrected chi connectivity index (χ2v) is 5.24. The lowest BCUT2D eigenvalue weighted by atomic mass is 10.2. The average molecular weight is 265 g/mol. The van der Waals surface area contributed by atoms with Gasteiger partial charge in [0.15, 0.2) is 0 Å². The van der Waals surface area contributed by atoms with Crippen LogP contribution in [-0.2, 0) is 24.5 Å². The van der Waals surface area contributed by atoms with Gasteiger partial charge in [-0.1, -0.05) is 18.2 Å². The Hall–Kier alpha value is -1.23. The molecule has 0 amide bonds. The quantitative estimate of drug-likeness (QED) is 0.865. The molecule has 0 atom stereocenters. The zero-order chi connectivity index (χ0) is 12.8. The standard InChI is InChI=1S/C14H16FNOS/c1-16-8-12-6-7-13(18-12)10-17-9-11-4-2-3-5-14(11)15/h2-7,16H,8-10H2,1H3. The van der Waals surface area contributed by atoms with Crippen molar-refractivity contribution in [2.45, 2.75) is 19.8 Å². The number of hydrogen-bond acceptors (Lipinski definition) is 3. The van der Waals surface area contributed by atoms with E-state index in [0.29, 0.717) is 18.8 Å². The Bertz CT molecular complexity index is 498. The first-order valence-electron chi connectivity index (χ1n) is 5.83. The second-order valence-electron chi connectivity index (χ2n) is 3.98. The third-order valence-electron chi connectivity index (χ3n) is 2.53. The van der Waals surface area contributed by atoms with Crippen LogP contribution in [0.15, 0.2) is 36.4 Å². The highest BCUT2D eigenvalue weighted by molar-refractivity contribution is 7.11. The van der Waals surface area contributed by atoms with E-state index in [9.17, 15) is 4.39 Å². The van der Waals surface area contributed by atoms with Crippen LogP contribution >= 0.6 is 11.3 Å². The van der Waals surface area contributed by atoms with E-state index in [1.807, 2.05) is 13.1 Å². The first kappa shape index (κ1) is 13.2. The fraction of sp³-hybridized carbons (Fsp3) is 0.286. The van der Waals surface area contributed by atoms with Crippen LogP contribution in [0.25, 0.3) is 0 Å². The highest BCUT2D eigenvalue weighted by atomic mass is 32.1. The molecule has 0 aliphatic heterocycles. The third-order valence-corrected chi connectivity index (χ3v) is 3.59. The molecule has 18 heavy (non-hydrogen) atoms. The summed E-state index contributed by atoms with van der Waals surface area (Å²) in [5.41, 5.74) is 0.601. The lowest BCUT2D eigenvalue weighted by molar-refractivity contribution is 0.107. The highest BCUT2D eigenvalue weighted by Gasteiger charge is 2.02. The zero-order valence-corrected chi connectivity index (χ0v) is 11.1. The number of benzene rings is 1. The van der Waals surface area contributed by atoms with E-state index < -0.39 is 0 Å². The van der Waals surface area contributed by atoms with E-state index >= 15 is 0 Å². The summed E-state index contributed by atoms with van der Waals surface area (Å²) in [6.45, 7) is 1.71. The van der Waals surface area contributed by atoms with Crippen molar-refractivity contribution in [2.24, 2.45) is 0 Å². The minimum atomic E-state index is -0.209. The molecule has 96 valence electrons. The zero-order valence-electron chi connectivity index (χ0n) is 10.3. The molecule has 0 unspecified atom stereocenters. The molecule has 0 spiro atoms. The molecular weight excluding hydrogens is 249 g/mol. The smallest absolute Gasteiger partial charge is 0.128 e. The SMILES string of the molecule is CNCc1ccc(COCc2ccccc2F)s1. The van der Waals surface area contributed by atoms with Crippen LogP contribution in [0.1, 0.15) is 15.3 Å². The number of halogens is 1. The lowest BCUT2D eigenvalue weighted by Crippen LogP contribution is -2.02. The van der Waals surface area contributed by atoms with Gasteiger partial charge in [0, 0.05) is 21.9 Å². The van der Waals surface area contributed by atoms with Crippen LogP contribution in [0.4, 0.5) is 4.39 Å². The molecule has 0 aliphatic carbocycles. The molecule has 1 heterocycles. The van der Waals surface area contributed by atoms with E-state index in [2.05, 4.69) is 17.4 Å². The van der Waals surface area contributed by atoms with Crippen molar-refractivity contribution in [3.63, 3.8) is 0 Å². The van der Waals surface area contributed by atoms with Gasteiger partial charge < -0.3 is 10.1 Å². The lowest BCUT2D eigenvalue weighted by Gasteiger charge is -2.03. The van der Waals surface area contributed by atoms with E-state index in [1.165, 1.54) is 10.9 Å². The monoisotopic (exact) mass is 265 g/mol. The predicted octanol–water partition coefficient (Wildman–Crippen LogP) is 3.32. The van der Waals surface area contributed by atoms with Gasteiger partial charge in [-0.3, -0.25) is 0 Å². The predicted molar refractivity (Wildman–Crippen MR) is 72.0 cm³/mol. The van der Waals surface area contributed by atoms with Gasteiger partial charge in [0.25, 0.3) is 0 Å². The summed E-state index contributed by atoms with van der Waals surface area (Å²) in [7, 11) is 1.92. The van der Waals surface area contributed by atoms with E-state index in [4.69, 9.17) is 4.74 Å². The van der Waals surface area contributed by atoms with Crippen LogP contribution in [-0.4, -0.2) is 7.05 Å². The Labute approximate surface area is 110 Å². The molecule has 2 nitrogen and oxygen atoms in total. The average Bonchev–Trinajstić information content (AvgIpc) is 2.80. The summed E-state index contributed by atoms with van der Waals surface area (Å²) < 4.78 is 18.9. The maximum absolute atomic E-state index is 13.3. The second kappa shape index (κ2) is 6.64. The van der Waals surface area contributed by atoms with Gasteiger partial charge in [-0.25, -0.2) is 4.39 Å². The maximum Gasteiger partial charge on any atom is 0.128 e. The van der Waals surface area contributed by atoms with Crippen LogP contribution in [0.5, 0.6) is 0 Å². The van der Waals surface area contributed by atoms with Crippen LogP contribution in [0.2, 0.25) is 0 Å². The molecule has 1 aromatic carbocycles. The van der Waals surface area contributed by atoms with Crippen molar-refractivity contribution in [3.8, 4) is 0 Å². The summed E-state index contributed by atoms with van der Waals surface area (Å²) >= 11 is 1.72. The molecule has 1 aromatic heterocycles. The summed E-state index contributed by atoms with van der Waals surface area (Å²) in [4.78, 5) is 2.44. The highest BCUT2D eigenvalue weighted by Crippen LogP contribution is 2.18. The number of rotatable bonds is 6. The van der Waals surface area contributed by atoms with Gasteiger partial charge in [0.1, 0.15) is 5.82 Å². The maximum atomic E-state index is 13.3. The molecule has 0 saturated carbocycles. The first-order chi connectivity index (χ1) is 8.79. The van der Waals surface area contributed by atoms with E-state index in [1.54, 1.807) is 23.5 Å². The van der Waals surface area contributed by atoms with Crippen molar-refractivity contribution in [3.05, 3.63) is 57.5 Å². The van der Waals surface area contributed by atoms with Gasteiger partial charge in [-0.15, -0.1) is 11.3 Å². The Kier molecular flexibility index (Phi) is 4.87. The van der Waals surface area contributed by atoms with E-state index in [-0.39, 0.29) is 5.82 Å². The van der Waals surface area contributed by atoms with Crippen molar-refractivity contribution < 1.29 is 9.13 Å². The van der Waals surface area contributed by atoms with Crippen LogP contribution in [0, 0.1) is 5.82 Å².